The SMILES string of the molecule is CC(=O)N1C[C@H]2CC(c3ccc(OCCOc4cc(Cl)c(Cl)cc4Cl)cc3)=C(C(=O)N(Cc3cccc(C(F)(F)F)c3Cl)C3CC3)[C@@H](C1)N2. The lowest BCUT2D eigenvalue weighted by molar-refractivity contribution is -0.137. The summed E-state index contributed by atoms with van der Waals surface area (Å²) < 4.78 is 52.5. The first-order valence-electron chi connectivity index (χ1n) is 15.7. The van der Waals surface area contributed by atoms with Crippen LogP contribution in [0.25, 0.3) is 5.57 Å². The van der Waals surface area contributed by atoms with Gasteiger partial charge in [0.05, 0.1) is 31.7 Å². The number of piperazine rings is 1. The highest BCUT2D eigenvalue weighted by molar-refractivity contribution is 6.43. The minimum Gasteiger partial charge on any atom is -0.490 e. The van der Waals surface area contributed by atoms with E-state index >= 15 is 0 Å². The standard InChI is InChI=1S/C35H32Cl4F3N3O4/c1-19(46)44-17-22-13-25(20-5-9-24(10-6-20)48-11-12-49-31-15-28(37)27(36)14-29(31)38)32(30(18-44)43-22)34(47)45(23-7-8-23)16-21-3-2-4-26(33(21)39)35(40,41)42/h2-6,9-10,14-15,22-23,30,43H,7-8,11-13,16-18H2,1H3/t22-,30-/m1/s1. The van der Waals surface area contributed by atoms with E-state index in [9.17, 15) is 22.8 Å². The summed E-state index contributed by atoms with van der Waals surface area (Å²) in [6.07, 6.45) is -2.68. The molecule has 49 heavy (non-hydrogen) atoms. The van der Waals surface area contributed by atoms with Crippen molar-refractivity contribution in [3.63, 3.8) is 0 Å². The molecule has 1 N–H and O–H groups in total. The summed E-state index contributed by atoms with van der Waals surface area (Å²) >= 11 is 24.5. The predicted octanol–water partition coefficient (Wildman–Crippen LogP) is 8.31. The molecule has 0 spiro atoms. The van der Waals surface area contributed by atoms with E-state index in [4.69, 9.17) is 55.9 Å². The maximum Gasteiger partial charge on any atom is 0.417 e. The van der Waals surface area contributed by atoms with Crippen LogP contribution in [0.3, 0.4) is 0 Å². The van der Waals surface area contributed by atoms with Crippen LogP contribution in [0, 0.1) is 0 Å². The second-order valence-corrected chi connectivity index (χ2v) is 13.9. The van der Waals surface area contributed by atoms with Crippen LogP contribution in [0.15, 0.2) is 60.2 Å². The van der Waals surface area contributed by atoms with E-state index in [1.165, 1.54) is 31.2 Å². The maximum atomic E-state index is 14.6. The quantitative estimate of drug-likeness (QED) is 0.167. The molecule has 0 unspecified atom stereocenters. The van der Waals surface area contributed by atoms with Gasteiger partial charge < -0.3 is 24.6 Å². The molecule has 2 amide bonds. The minimum atomic E-state index is -4.63. The molecule has 2 fully saturated rings. The Hall–Kier alpha value is -3.15. The molecule has 1 saturated carbocycles. The topological polar surface area (TPSA) is 71.1 Å². The number of ether oxygens (including phenoxy) is 2. The second kappa shape index (κ2) is 14.6. The number of hydrogen-bond acceptors (Lipinski definition) is 5. The zero-order valence-corrected chi connectivity index (χ0v) is 29.3. The number of carbonyl (C=O) groups excluding carboxylic acids is 2. The lowest BCUT2D eigenvalue weighted by Gasteiger charge is -2.44. The molecular weight excluding hydrogens is 725 g/mol. The zero-order chi connectivity index (χ0) is 35.0. The third kappa shape index (κ3) is 8.10. The molecule has 2 bridgehead atoms. The van der Waals surface area contributed by atoms with Gasteiger partial charge in [-0.2, -0.15) is 13.2 Å². The van der Waals surface area contributed by atoms with Crippen molar-refractivity contribution in [3.05, 3.63) is 97.0 Å². The van der Waals surface area contributed by atoms with E-state index in [0.29, 0.717) is 51.7 Å². The molecule has 7 nitrogen and oxygen atoms in total. The number of rotatable bonds is 10. The van der Waals surface area contributed by atoms with Crippen molar-refractivity contribution in [1.29, 1.82) is 0 Å². The summed E-state index contributed by atoms with van der Waals surface area (Å²) in [5.74, 6) is 0.588. The van der Waals surface area contributed by atoms with E-state index in [2.05, 4.69) is 5.32 Å². The molecule has 0 radical (unpaired) electrons. The molecule has 14 heteroatoms. The fraction of sp³-hybridized carbons (Fsp3) is 0.371. The molecule has 2 aliphatic heterocycles. The Morgan fingerprint density at radius 3 is 2.31 bits per heavy atom. The van der Waals surface area contributed by atoms with Gasteiger partial charge in [-0.15, -0.1) is 0 Å². The van der Waals surface area contributed by atoms with Gasteiger partial charge in [-0.05, 0) is 60.2 Å². The Morgan fingerprint density at radius 1 is 0.939 bits per heavy atom. The fourth-order valence-corrected chi connectivity index (χ4v) is 7.20. The van der Waals surface area contributed by atoms with Gasteiger partial charge in [-0.25, -0.2) is 0 Å². The molecule has 2 atom stereocenters. The number of hydrogen-bond donors (Lipinski definition) is 1. The first-order valence-corrected chi connectivity index (χ1v) is 17.2. The van der Waals surface area contributed by atoms with Crippen LogP contribution >= 0.6 is 46.4 Å². The summed E-state index contributed by atoms with van der Waals surface area (Å²) in [5.41, 5.74) is 1.43. The molecule has 3 aliphatic rings. The van der Waals surface area contributed by atoms with E-state index in [1.807, 2.05) is 12.1 Å². The lowest BCUT2D eigenvalue weighted by Crippen LogP contribution is -2.61. The Kier molecular flexibility index (Phi) is 10.6. The average Bonchev–Trinajstić information content (AvgIpc) is 3.89. The van der Waals surface area contributed by atoms with Gasteiger partial charge >= 0.3 is 6.18 Å². The van der Waals surface area contributed by atoms with Crippen molar-refractivity contribution in [2.24, 2.45) is 0 Å². The normalized spacial score (nSPS) is 19.1. The van der Waals surface area contributed by atoms with Gasteiger partial charge in [0.15, 0.2) is 0 Å². The fourth-order valence-electron chi connectivity index (χ4n) is 6.31. The molecule has 1 aliphatic carbocycles. The zero-order valence-electron chi connectivity index (χ0n) is 26.3. The number of benzene rings is 3. The van der Waals surface area contributed by atoms with E-state index in [1.54, 1.807) is 21.9 Å². The van der Waals surface area contributed by atoms with Crippen molar-refractivity contribution in [1.82, 2.24) is 15.1 Å². The summed E-state index contributed by atoms with van der Waals surface area (Å²) in [6.45, 7) is 2.63. The van der Waals surface area contributed by atoms with Crippen molar-refractivity contribution in [2.45, 2.75) is 57.0 Å². The van der Waals surface area contributed by atoms with Crippen LogP contribution in [0.5, 0.6) is 11.5 Å². The van der Waals surface area contributed by atoms with Crippen molar-refractivity contribution in [2.75, 3.05) is 26.3 Å². The van der Waals surface area contributed by atoms with Crippen LogP contribution < -0.4 is 14.8 Å². The summed E-state index contributed by atoms with van der Waals surface area (Å²) in [7, 11) is 0. The van der Waals surface area contributed by atoms with Crippen molar-refractivity contribution >= 4 is 63.8 Å². The Bertz CT molecular complexity index is 1780. The first-order chi connectivity index (χ1) is 23.3. The summed E-state index contributed by atoms with van der Waals surface area (Å²) in [6, 6.07) is 13.5. The molecular formula is C35H32Cl4F3N3O4. The Labute approximate surface area is 301 Å². The number of fused-ring (bicyclic) bond motifs is 2. The lowest BCUT2D eigenvalue weighted by atomic mass is 9.82. The van der Waals surface area contributed by atoms with Crippen LogP contribution in [0.2, 0.25) is 20.1 Å². The summed E-state index contributed by atoms with van der Waals surface area (Å²) in [4.78, 5) is 30.3. The van der Waals surface area contributed by atoms with Gasteiger partial charge in [0.2, 0.25) is 5.91 Å². The molecule has 1 saturated heterocycles. The number of nitrogens with one attached hydrogen (secondary N) is 1. The third-order valence-electron chi connectivity index (χ3n) is 8.84. The minimum absolute atomic E-state index is 0.0715. The highest BCUT2D eigenvalue weighted by Crippen LogP contribution is 2.41. The van der Waals surface area contributed by atoms with Crippen LogP contribution in [-0.2, 0) is 22.3 Å². The van der Waals surface area contributed by atoms with Gasteiger partial charge in [0.25, 0.3) is 5.91 Å². The number of nitrogens with zero attached hydrogens (tertiary/aromatic N) is 2. The van der Waals surface area contributed by atoms with Crippen LogP contribution in [0.4, 0.5) is 13.2 Å². The summed E-state index contributed by atoms with van der Waals surface area (Å²) in [5, 5.41) is 4.08. The van der Waals surface area contributed by atoms with Crippen LogP contribution in [-0.4, -0.2) is 66.0 Å². The molecule has 3 aromatic carbocycles. The van der Waals surface area contributed by atoms with Gasteiger partial charge in [0.1, 0.15) is 24.7 Å². The largest absolute Gasteiger partial charge is 0.490 e. The van der Waals surface area contributed by atoms with Crippen molar-refractivity contribution < 1.29 is 32.2 Å². The highest BCUT2D eigenvalue weighted by Gasteiger charge is 2.43. The van der Waals surface area contributed by atoms with Crippen LogP contribution in [0.1, 0.15) is 42.9 Å². The molecule has 2 heterocycles. The first kappa shape index (κ1) is 35.7. The van der Waals surface area contributed by atoms with E-state index in [-0.39, 0.29) is 49.2 Å². The van der Waals surface area contributed by atoms with E-state index in [0.717, 1.165) is 30.0 Å². The predicted molar refractivity (Wildman–Crippen MR) is 183 cm³/mol. The second-order valence-electron chi connectivity index (χ2n) is 12.3. The molecule has 6 rings (SSSR count). The molecule has 3 aromatic rings. The van der Waals surface area contributed by atoms with Crippen molar-refractivity contribution in [3.8, 4) is 11.5 Å². The smallest absolute Gasteiger partial charge is 0.417 e. The maximum absolute atomic E-state index is 14.6. The number of halogens is 7. The van der Waals surface area contributed by atoms with E-state index < -0.39 is 22.8 Å². The number of alkyl halides is 3. The Balaban J connectivity index is 1.25. The number of amides is 2. The molecule has 260 valence electrons. The van der Waals surface area contributed by atoms with Gasteiger partial charge in [-0.3, -0.25) is 9.59 Å². The third-order valence-corrected chi connectivity index (χ3v) is 10.3. The molecule has 0 aromatic heterocycles. The average molecular weight is 757 g/mol. The number of carbonyl (C=O) groups is 2. The Morgan fingerprint density at radius 2 is 1.63 bits per heavy atom. The van der Waals surface area contributed by atoms with Gasteiger partial charge in [0, 0.05) is 50.3 Å². The van der Waals surface area contributed by atoms with Gasteiger partial charge in [-0.1, -0.05) is 70.7 Å². The highest BCUT2D eigenvalue weighted by atomic mass is 35.5. The monoisotopic (exact) mass is 755 g/mol.